The summed E-state index contributed by atoms with van der Waals surface area (Å²) in [5.41, 5.74) is 0. The fraction of sp³-hybridized carbons (Fsp3) is 0.800. The number of nitrogens with one attached hydrogen (secondary N) is 1. The van der Waals surface area contributed by atoms with Crippen LogP contribution in [0.2, 0.25) is 0 Å². The Morgan fingerprint density at radius 3 is 2.57 bits per heavy atom. The number of hydrogen-bond acceptors (Lipinski definition) is 3. The highest BCUT2D eigenvalue weighted by Gasteiger charge is 2.40. The van der Waals surface area contributed by atoms with Crippen LogP contribution in [-0.4, -0.2) is 46.9 Å². The number of carbonyl (C=O) groups excluding carboxylic acids is 2. The van der Waals surface area contributed by atoms with E-state index in [2.05, 4.69) is 5.32 Å². The zero-order chi connectivity index (χ0) is 15.4. The molecule has 0 radical (unpaired) electrons. The van der Waals surface area contributed by atoms with Gasteiger partial charge < -0.3 is 15.3 Å². The molecule has 6 nitrogen and oxygen atoms in total. The van der Waals surface area contributed by atoms with Gasteiger partial charge >= 0.3 is 5.97 Å². The molecule has 0 aromatic carbocycles. The van der Waals surface area contributed by atoms with Crippen molar-refractivity contribution in [3.05, 3.63) is 0 Å². The number of carboxylic acids is 1. The van der Waals surface area contributed by atoms with Gasteiger partial charge in [-0.05, 0) is 32.1 Å². The Balaban J connectivity index is 1.86. The van der Waals surface area contributed by atoms with Gasteiger partial charge in [-0.25, -0.2) is 0 Å². The lowest BCUT2D eigenvalue weighted by Gasteiger charge is -2.24. The van der Waals surface area contributed by atoms with Crippen LogP contribution in [0.15, 0.2) is 0 Å². The molecule has 21 heavy (non-hydrogen) atoms. The van der Waals surface area contributed by atoms with Crippen molar-refractivity contribution in [1.29, 1.82) is 0 Å². The largest absolute Gasteiger partial charge is 0.481 e. The number of rotatable bonds is 7. The number of aliphatic carboxylic acids is 1. The van der Waals surface area contributed by atoms with Crippen LogP contribution in [0, 0.1) is 11.8 Å². The van der Waals surface area contributed by atoms with E-state index in [4.69, 9.17) is 5.11 Å². The number of carbonyl (C=O) groups is 3. The van der Waals surface area contributed by atoms with Crippen LogP contribution in [0.4, 0.5) is 0 Å². The third-order valence-corrected chi connectivity index (χ3v) is 4.27. The van der Waals surface area contributed by atoms with Crippen molar-refractivity contribution in [1.82, 2.24) is 10.2 Å². The van der Waals surface area contributed by atoms with Crippen molar-refractivity contribution in [2.45, 2.75) is 51.5 Å². The third kappa shape index (κ3) is 3.95. The molecule has 1 aliphatic heterocycles. The number of hydrogen-bond donors (Lipinski definition) is 2. The molecule has 0 spiro atoms. The van der Waals surface area contributed by atoms with Crippen molar-refractivity contribution in [3.8, 4) is 0 Å². The molecule has 2 amide bonds. The fourth-order valence-electron chi connectivity index (χ4n) is 2.87. The van der Waals surface area contributed by atoms with Crippen LogP contribution in [0.1, 0.15) is 45.4 Å². The van der Waals surface area contributed by atoms with Gasteiger partial charge in [0.2, 0.25) is 11.8 Å². The molecule has 6 heteroatoms. The second-order valence-corrected chi connectivity index (χ2v) is 6.03. The average molecular weight is 296 g/mol. The highest BCUT2D eigenvalue weighted by atomic mass is 16.4. The second-order valence-electron chi connectivity index (χ2n) is 6.03. The topological polar surface area (TPSA) is 86.7 Å². The van der Waals surface area contributed by atoms with Crippen LogP contribution >= 0.6 is 0 Å². The van der Waals surface area contributed by atoms with Crippen LogP contribution in [-0.2, 0) is 14.4 Å². The molecule has 1 heterocycles. The van der Waals surface area contributed by atoms with E-state index in [0.717, 1.165) is 25.7 Å². The van der Waals surface area contributed by atoms with E-state index in [1.54, 1.807) is 4.90 Å². The van der Waals surface area contributed by atoms with Gasteiger partial charge in [-0.1, -0.05) is 13.3 Å². The average Bonchev–Trinajstić information content (AvgIpc) is 3.18. The van der Waals surface area contributed by atoms with Crippen LogP contribution < -0.4 is 5.32 Å². The van der Waals surface area contributed by atoms with E-state index < -0.39 is 17.9 Å². The Labute approximate surface area is 124 Å². The van der Waals surface area contributed by atoms with Gasteiger partial charge in [0.1, 0.15) is 6.04 Å². The van der Waals surface area contributed by atoms with Gasteiger partial charge in [0.25, 0.3) is 0 Å². The first-order chi connectivity index (χ1) is 10.0. The summed E-state index contributed by atoms with van der Waals surface area (Å²) in [6.07, 6.45) is 4.69. The molecule has 2 rings (SSSR count). The van der Waals surface area contributed by atoms with Gasteiger partial charge in [-0.3, -0.25) is 14.4 Å². The Kier molecular flexibility index (Phi) is 5.20. The first-order valence-corrected chi connectivity index (χ1v) is 7.85. The van der Waals surface area contributed by atoms with Gasteiger partial charge in [0.15, 0.2) is 0 Å². The Morgan fingerprint density at radius 1 is 1.29 bits per heavy atom. The summed E-state index contributed by atoms with van der Waals surface area (Å²) in [6.45, 7) is 2.71. The lowest BCUT2D eigenvalue weighted by Crippen LogP contribution is -2.47. The van der Waals surface area contributed by atoms with Crippen LogP contribution in [0.5, 0.6) is 0 Å². The lowest BCUT2D eigenvalue weighted by molar-refractivity contribution is -0.143. The van der Waals surface area contributed by atoms with Gasteiger partial charge in [0, 0.05) is 19.0 Å². The zero-order valence-electron chi connectivity index (χ0n) is 12.5. The number of carboxylic acid groups (broad SMARTS) is 1. The quantitative estimate of drug-likeness (QED) is 0.734. The van der Waals surface area contributed by atoms with Crippen molar-refractivity contribution < 1.29 is 19.5 Å². The van der Waals surface area contributed by atoms with E-state index in [1.807, 2.05) is 6.92 Å². The molecule has 2 aliphatic rings. The molecular formula is C15H24N2O4. The molecule has 1 aliphatic carbocycles. The molecule has 1 saturated carbocycles. The summed E-state index contributed by atoms with van der Waals surface area (Å²) >= 11 is 0. The maximum atomic E-state index is 12.2. The molecule has 2 unspecified atom stereocenters. The minimum absolute atomic E-state index is 0.0935. The summed E-state index contributed by atoms with van der Waals surface area (Å²) in [7, 11) is 0. The van der Waals surface area contributed by atoms with Gasteiger partial charge in [-0.2, -0.15) is 0 Å². The smallest absolute Gasteiger partial charge is 0.308 e. The van der Waals surface area contributed by atoms with Crippen molar-refractivity contribution in [2.75, 3.05) is 13.1 Å². The summed E-state index contributed by atoms with van der Waals surface area (Å²) in [6, 6.07) is -0.408. The fourth-order valence-corrected chi connectivity index (χ4v) is 2.87. The summed E-state index contributed by atoms with van der Waals surface area (Å²) in [5, 5.41) is 11.8. The molecule has 1 saturated heterocycles. The number of amides is 2. The maximum Gasteiger partial charge on any atom is 0.308 e. The molecule has 0 aromatic rings. The van der Waals surface area contributed by atoms with E-state index in [0.29, 0.717) is 19.4 Å². The highest BCUT2D eigenvalue weighted by Crippen LogP contribution is 2.33. The molecular weight excluding hydrogens is 272 g/mol. The van der Waals surface area contributed by atoms with Crippen molar-refractivity contribution in [3.63, 3.8) is 0 Å². The molecule has 0 aromatic heterocycles. The number of nitrogens with zero attached hydrogens (tertiary/aromatic N) is 1. The molecule has 2 N–H and O–H groups in total. The van der Waals surface area contributed by atoms with Crippen LogP contribution in [0.25, 0.3) is 0 Å². The summed E-state index contributed by atoms with van der Waals surface area (Å²) in [5.74, 6) is -1.42. The number of likely N-dealkylation sites (tertiary alicyclic amines) is 1. The maximum absolute atomic E-state index is 12.2. The Bertz CT molecular complexity index is 420. The second kappa shape index (κ2) is 6.91. The monoisotopic (exact) mass is 296 g/mol. The normalized spacial score (nSPS) is 22.9. The van der Waals surface area contributed by atoms with E-state index in [9.17, 15) is 14.4 Å². The third-order valence-electron chi connectivity index (χ3n) is 4.27. The van der Waals surface area contributed by atoms with E-state index in [1.165, 1.54) is 0 Å². The molecule has 2 fully saturated rings. The minimum Gasteiger partial charge on any atom is -0.481 e. The minimum atomic E-state index is -0.880. The lowest BCUT2D eigenvalue weighted by atomic mass is 10.0. The molecule has 118 valence electrons. The Morgan fingerprint density at radius 2 is 2.00 bits per heavy atom. The van der Waals surface area contributed by atoms with Crippen LogP contribution in [0.3, 0.4) is 0 Å². The van der Waals surface area contributed by atoms with E-state index >= 15 is 0 Å². The summed E-state index contributed by atoms with van der Waals surface area (Å²) in [4.78, 5) is 37.1. The summed E-state index contributed by atoms with van der Waals surface area (Å²) < 4.78 is 0. The Hall–Kier alpha value is -1.59. The highest BCUT2D eigenvalue weighted by molar-refractivity contribution is 5.90. The predicted octanol–water partition coefficient (Wildman–Crippen LogP) is 1.00. The van der Waals surface area contributed by atoms with Gasteiger partial charge in [-0.15, -0.1) is 0 Å². The van der Waals surface area contributed by atoms with Crippen molar-refractivity contribution >= 4 is 17.8 Å². The standard InChI is InChI=1S/C15H24N2O4/c1-2-4-11(15(20)21)9-16-13(18)12-5-3-8-17(12)14(19)10-6-7-10/h10-12H,2-9H2,1H3,(H,16,18)(H,20,21). The molecule has 2 atom stereocenters. The first kappa shape index (κ1) is 15.8. The van der Waals surface area contributed by atoms with Gasteiger partial charge in [0.05, 0.1) is 5.92 Å². The molecule has 0 bridgehead atoms. The predicted molar refractivity (Wildman–Crippen MR) is 76.5 cm³/mol. The van der Waals surface area contributed by atoms with Crippen molar-refractivity contribution in [2.24, 2.45) is 11.8 Å². The zero-order valence-corrected chi connectivity index (χ0v) is 12.5. The van der Waals surface area contributed by atoms with E-state index in [-0.39, 0.29) is 24.3 Å². The first-order valence-electron chi connectivity index (χ1n) is 7.85. The SMILES string of the molecule is CCCC(CNC(=O)C1CCCN1C(=O)C1CC1)C(=O)O.